The molecular weight excluding hydrogens is 226 g/mol. The van der Waals surface area contributed by atoms with Crippen LogP contribution < -0.4 is 14.8 Å². The molecule has 0 bridgehead atoms. The first-order chi connectivity index (χ1) is 8.67. The summed E-state index contributed by atoms with van der Waals surface area (Å²) >= 11 is 0. The second-order valence-electron chi connectivity index (χ2n) is 4.35. The molecule has 0 spiro atoms. The van der Waals surface area contributed by atoms with Gasteiger partial charge in [0.15, 0.2) is 0 Å². The van der Waals surface area contributed by atoms with Gasteiger partial charge in [-0.25, -0.2) is 0 Å². The van der Waals surface area contributed by atoms with Crippen molar-refractivity contribution in [2.75, 3.05) is 20.3 Å². The molecule has 0 atom stereocenters. The predicted molar refractivity (Wildman–Crippen MR) is 75.3 cm³/mol. The lowest BCUT2D eigenvalue weighted by Gasteiger charge is -2.12. The van der Waals surface area contributed by atoms with E-state index in [1.54, 1.807) is 7.11 Å². The summed E-state index contributed by atoms with van der Waals surface area (Å²) in [5.74, 6) is 1.77. The molecule has 0 aromatic heterocycles. The second-order valence-corrected chi connectivity index (χ2v) is 4.35. The van der Waals surface area contributed by atoms with E-state index in [4.69, 9.17) is 9.47 Å². The molecule has 1 aromatic carbocycles. The smallest absolute Gasteiger partial charge is 0.124 e. The van der Waals surface area contributed by atoms with Gasteiger partial charge in [-0.05, 0) is 44.7 Å². The summed E-state index contributed by atoms with van der Waals surface area (Å²) in [6.45, 7) is 8.55. The second kappa shape index (κ2) is 7.77. The van der Waals surface area contributed by atoms with E-state index in [1.165, 1.54) is 5.57 Å². The molecule has 0 unspecified atom stereocenters. The summed E-state index contributed by atoms with van der Waals surface area (Å²) in [5, 5.41) is 3.30. The first-order valence-corrected chi connectivity index (χ1v) is 6.31. The lowest BCUT2D eigenvalue weighted by molar-refractivity contribution is 0.354. The average Bonchev–Trinajstić information content (AvgIpc) is 2.36. The van der Waals surface area contributed by atoms with Crippen molar-refractivity contribution in [3.05, 3.63) is 35.4 Å². The van der Waals surface area contributed by atoms with E-state index in [-0.39, 0.29) is 0 Å². The van der Waals surface area contributed by atoms with Crippen molar-refractivity contribution in [2.45, 2.75) is 27.3 Å². The number of rotatable bonds is 7. The topological polar surface area (TPSA) is 30.5 Å². The third kappa shape index (κ3) is 4.80. The summed E-state index contributed by atoms with van der Waals surface area (Å²) < 4.78 is 11.0. The maximum Gasteiger partial charge on any atom is 0.124 e. The van der Waals surface area contributed by atoms with Crippen molar-refractivity contribution in [1.29, 1.82) is 0 Å². The first-order valence-electron chi connectivity index (χ1n) is 6.31. The van der Waals surface area contributed by atoms with Crippen LogP contribution in [0.25, 0.3) is 0 Å². The standard InChI is InChI=1S/C15H23NO2/c1-5-16-11-13-10-14(17-4)6-7-15(13)18-9-8-12(2)3/h6-8,10,16H,5,9,11H2,1-4H3. The lowest BCUT2D eigenvalue weighted by atomic mass is 10.2. The fraction of sp³-hybridized carbons (Fsp3) is 0.467. The van der Waals surface area contributed by atoms with Gasteiger partial charge < -0.3 is 14.8 Å². The van der Waals surface area contributed by atoms with Crippen molar-refractivity contribution >= 4 is 0 Å². The van der Waals surface area contributed by atoms with Crippen LogP contribution in [0.2, 0.25) is 0 Å². The van der Waals surface area contributed by atoms with Gasteiger partial charge in [-0.2, -0.15) is 0 Å². The molecule has 0 heterocycles. The molecule has 0 aliphatic carbocycles. The Balaban J connectivity index is 2.77. The maximum absolute atomic E-state index is 5.77. The van der Waals surface area contributed by atoms with Crippen LogP contribution in [-0.4, -0.2) is 20.3 Å². The summed E-state index contributed by atoms with van der Waals surface area (Å²) in [6.07, 6.45) is 2.07. The highest BCUT2D eigenvalue weighted by Crippen LogP contribution is 2.24. The molecule has 1 N–H and O–H groups in total. The van der Waals surface area contributed by atoms with Crippen LogP contribution in [0.5, 0.6) is 11.5 Å². The number of ether oxygens (including phenoxy) is 2. The minimum Gasteiger partial charge on any atom is -0.497 e. The van der Waals surface area contributed by atoms with Gasteiger partial charge in [-0.15, -0.1) is 0 Å². The summed E-state index contributed by atoms with van der Waals surface area (Å²) in [5.41, 5.74) is 2.38. The maximum atomic E-state index is 5.77. The van der Waals surface area contributed by atoms with Gasteiger partial charge in [-0.3, -0.25) is 0 Å². The van der Waals surface area contributed by atoms with Crippen molar-refractivity contribution in [1.82, 2.24) is 5.32 Å². The number of methoxy groups -OCH3 is 1. The predicted octanol–water partition coefficient (Wildman–Crippen LogP) is 3.15. The van der Waals surface area contributed by atoms with Gasteiger partial charge in [0.2, 0.25) is 0 Å². The van der Waals surface area contributed by atoms with Crippen LogP contribution in [0.3, 0.4) is 0 Å². The quantitative estimate of drug-likeness (QED) is 0.753. The number of allylic oxidation sites excluding steroid dienone is 1. The van der Waals surface area contributed by atoms with Crippen LogP contribution in [0, 0.1) is 0 Å². The molecule has 0 fully saturated rings. The van der Waals surface area contributed by atoms with Gasteiger partial charge >= 0.3 is 0 Å². The molecule has 0 aliphatic rings. The third-order valence-electron chi connectivity index (χ3n) is 2.56. The summed E-state index contributed by atoms with van der Waals surface area (Å²) in [7, 11) is 1.68. The Morgan fingerprint density at radius 1 is 1.33 bits per heavy atom. The normalized spacial score (nSPS) is 10.0. The molecule has 1 aromatic rings. The average molecular weight is 249 g/mol. The highest BCUT2D eigenvalue weighted by Gasteiger charge is 2.05. The molecular formula is C15H23NO2. The molecule has 0 radical (unpaired) electrons. The zero-order chi connectivity index (χ0) is 13.4. The number of hydrogen-bond acceptors (Lipinski definition) is 3. The van der Waals surface area contributed by atoms with E-state index in [9.17, 15) is 0 Å². The van der Waals surface area contributed by atoms with E-state index < -0.39 is 0 Å². The van der Waals surface area contributed by atoms with Crippen molar-refractivity contribution in [3.8, 4) is 11.5 Å². The van der Waals surface area contributed by atoms with Crippen LogP contribution >= 0.6 is 0 Å². The molecule has 0 amide bonds. The minimum absolute atomic E-state index is 0.605. The fourth-order valence-electron chi connectivity index (χ4n) is 1.52. The Bertz CT molecular complexity index is 395. The number of nitrogens with one attached hydrogen (secondary N) is 1. The molecule has 0 saturated heterocycles. The van der Waals surface area contributed by atoms with E-state index in [0.29, 0.717) is 6.61 Å². The van der Waals surface area contributed by atoms with E-state index in [2.05, 4.69) is 32.2 Å². The molecule has 0 aliphatic heterocycles. The van der Waals surface area contributed by atoms with Gasteiger partial charge in [0, 0.05) is 12.1 Å². The fourth-order valence-corrected chi connectivity index (χ4v) is 1.52. The first kappa shape index (κ1) is 14.6. The lowest BCUT2D eigenvalue weighted by Crippen LogP contribution is -2.13. The Morgan fingerprint density at radius 2 is 2.11 bits per heavy atom. The van der Waals surface area contributed by atoms with E-state index in [0.717, 1.165) is 30.2 Å². The van der Waals surface area contributed by atoms with Gasteiger partial charge in [-0.1, -0.05) is 12.5 Å². The largest absolute Gasteiger partial charge is 0.497 e. The molecule has 3 nitrogen and oxygen atoms in total. The van der Waals surface area contributed by atoms with Crippen LogP contribution in [0.15, 0.2) is 29.8 Å². The zero-order valence-corrected chi connectivity index (χ0v) is 11.7. The summed E-state index contributed by atoms with van der Waals surface area (Å²) in [4.78, 5) is 0. The Morgan fingerprint density at radius 3 is 2.72 bits per heavy atom. The molecule has 3 heteroatoms. The van der Waals surface area contributed by atoms with Gasteiger partial charge in [0.1, 0.15) is 18.1 Å². The zero-order valence-electron chi connectivity index (χ0n) is 11.7. The van der Waals surface area contributed by atoms with Gasteiger partial charge in [0.25, 0.3) is 0 Å². The van der Waals surface area contributed by atoms with E-state index >= 15 is 0 Å². The van der Waals surface area contributed by atoms with Crippen molar-refractivity contribution in [3.63, 3.8) is 0 Å². The van der Waals surface area contributed by atoms with Crippen LogP contribution in [0.4, 0.5) is 0 Å². The molecule has 18 heavy (non-hydrogen) atoms. The van der Waals surface area contributed by atoms with Crippen molar-refractivity contribution < 1.29 is 9.47 Å². The third-order valence-corrected chi connectivity index (χ3v) is 2.56. The molecule has 100 valence electrons. The number of benzene rings is 1. The SMILES string of the molecule is CCNCc1cc(OC)ccc1OCC=C(C)C. The Kier molecular flexibility index (Phi) is 6.29. The van der Waals surface area contributed by atoms with Gasteiger partial charge in [0.05, 0.1) is 7.11 Å². The minimum atomic E-state index is 0.605. The van der Waals surface area contributed by atoms with E-state index in [1.807, 2.05) is 18.2 Å². The summed E-state index contributed by atoms with van der Waals surface area (Å²) in [6, 6.07) is 5.90. The highest BCUT2D eigenvalue weighted by atomic mass is 16.5. The Labute approximate surface area is 110 Å². The number of hydrogen-bond donors (Lipinski definition) is 1. The highest BCUT2D eigenvalue weighted by molar-refractivity contribution is 5.40. The molecule has 0 saturated carbocycles. The molecule has 1 rings (SSSR count). The van der Waals surface area contributed by atoms with Crippen molar-refractivity contribution in [2.24, 2.45) is 0 Å². The van der Waals surface area contributed by atoms with Crippen LogP contribution in [-0.2, 0) is 6.54 Å². The Hall–Kier alpha value is -1.48. The monoisotopic (exact) mass is 249 g/mol. The van der Waals surface area contributed by atoms with Crippen LogP contribution in [0.1, 0.15) is 26.3 Å².